The fraction of sp³-hybridized carbons (Fsp3) is 0.111. The zero-order valence-corrected chi connectivity index (χ0v) is 13.5. The molecule has 0 aromatic heterocycles. The van der Waals surface area contributed by atoms with Gasteiger partial charge in [-0.05, 0) is 42.5 Å². The first-order chi connectivity index (χ1) is 11.9. The highest BCUT2D eigenvalue weighted by Gasteiger charge is 2.32. The number of nitrogens with one attached hydrogen (secondary N) is 1. The summed E-state index contributed by atoms with van der Waals surface area (Å²) < 4.78 is 4.60. The third-order valence-corrected chi connectivity index (χ3v) is 3.92. The molecule has 0 unspecified atom stereocenters. The third kappa shape index (κ3) is 2.87. The van der Waals surface area contributed by atoms with Crippen LogP contribution in [0.5, 0.6) is 0 Å². The van der Waals surface area contributed by atoms with Gasteiger partial charge in [0.1, 0.15) is 0 Å². The lowest BCUT2D eigenvalue weighted by Crippen LogP contribution is -2.24. The summed E-state index contributed by atoms with van der Waals surface area (Å²) in [5.74, 6) is -1.66. The van der Waals surface area contributed by atoms with Crippen molar-refractivity contribution < 1.29 is 23.9 Å². The molecule has 0 fully saturated rings. The second-order valence-electron chi connectivity index (χ2n) is 5.45. The Morgan fingerprint density at radius 1 is 0.920 bits per heavy atom. The second kappa shape index (κ2) is 6.20. The molecule has 3 rings (SSSR count). The molecule has 2 aromatic carbocycles. The number of methoxy groups -OCH3 is 1. The first-order valence-corrected chi connectivity index (χ1v) is 7.38. The van der Waals surface area contributed by atoms with E-state index in [1.807, 2.05) is 0 Å². The Morgan fingerprint density at radius 3 is 2.16 bits per heavy atom. The maximum atomic E-state index is 12.3. The van der Waals surface area contributed by atoms with Crippen molar-refractivity contribution in [3.63, 3.8) is 0 Å². The van der Waals surface area contributed by atoms with Crippen molar-refractivity contribution in [2.24, 2.45) is 0 Å². The fourth-order valence-electron chi connectivity index (χ4n) is 2.52. The molecule has 1 heterocycles. The van der Waals surface area contributed by atoms with E-state index in [9.17, 15) is 19.2 Å². The first-order valence-electron chi connectivity index (χ1n) is 7.38. The molecule has 0 aliphatic carbocycles. The van der Waals surface area contributed by atoms with Gasteiger partial charge in [-0.25, -0.2) is 4.79 Å². The molecule has 1 aliphatic rings. The van der Waals surface area contributed by atoms with Crippen LogP contribution in [0.2, 0.25) is 0 Å². The van der Waals surface area contributed by atoms with Gasteiger partial charge in [0.15, 0.2) is 0 Å². The molecule has 126 valence electrons. The van der Waals surface area contributed by atoms with E-state index in [-0.39, 0.29) is 11.5 Å². The summed E-state index contributed by atoms with van der Waals surface area (Å²) in [5, 5.41) is 2.66. The van der Waals surface area contributed by atoms with Crippen LogP contribution in [-0.2, 0) is 4.74 Å². The number of nitrogens with zero attached hydrogens (tertiary/aromatic N) is 1. The van der Waals surface area contributed by atoms with E-state index in [1.54, 1.807) is 6.07 Å². The largest absolute Gasteiger partial charge is 0.465 e. The minimum atomic E-state index is -0.488. The highest BCUT2D eigenvalue weighted by molar-refractivity contribution is 6.21. The predicted octanol–water partition coefficient (Wildman–Crippen LogP) is 1.95. The van der Waals surface area contributed by atoms with Crippen LogP contribution in [0.3, 0.4) is 0 Å². The van der Waals surface area contributed by atoms with Crippen molar-refractivity contribution >= 4 is 29.4 Å². The molecule has 0 radical (unpaired) electrons. The molecule has 0 saturated heterocycles. The summed E-state index contributed by atoms with van der Waals surface area (Å²) in [5.41, 5.74) is 1.65. The third-order valence-electron chi connectivity index (χ3n) is 3.92. The van der Waals surface area contributed by atoms with Crippen LogP contribution in [0.4, 0.5) is 5.69 Å². The second-order valence-corrected chi connectivity index (χ2v) is 5.45. The first kappa shape index (κ1) is 16.4. The lowest BCUT2D eigenvalue weighted by atomic mass is 10.1. The number of carbonyl (C=O) groups is 4. The van der Waals surface area contributed by atoms with Crippen LogP contribution in [0.25, 0.3) is 0 Å². The van der Waals surface area contributed by atoms with Gasteiger partial charge in [0.05, 0.1) is 23.8 Å². The standard InChI is InChI=1S/C18H14N2O5/c1-20-16(22)13-8-7-12(9-14(13)17(20)23)19-15(21)10-3-5-11(6-4-10)18(24)25-2/h3-9H,1-2H3,(H,19,21). The van der Waals surface area contributed by atoms with Crippen molar-refractivity contribution in [3.05, 3.63) is 64.7 Å². The molecule has 0 atom stereocenters. The van der Waals surface area contributed by atoms with E-state index in [0.717, 1.165) is 4.90 Å². The summed E-state index contributed by atoms with van der Waals surface area (Å²) in [6.07, 6.45) is 0. The molecule has 3 amide bonds. The van der Waals surface area contributed by atoms with Crippen LogP contribution in [0, 0.1) is 0 Å². The van der Waals surface area contributed by atoms with Gasteiger partial charge in [0, 0.05) is 18.3 Å². The smallest absolute Gasteiger partial charge is 0.337 e. The number of rotatable bonds is 3. The number of carbonyl (C=O) groups excluding carboxylic acids is 4. The maximum absolute atomic E-state index is 12.3. The van der Waals surface area contributed by atoms with Crippen LogP contribution < -0.4 is 5.32 Å². The van der Waals surface area contributed by atoms with Crippen molar-refractivity contribution in [1.82, 2.24) is 4.90 Å². The van der Waals surface area contributed by atoms with Gasteiger partial charge in [-0.2, -0.15) is 0 Å². The molecule has 1 N–H and O–H groups in total. The minimum Gasteiger partial charge on any atom is -0.465 e. The van der Waals surface area contributed by atoms with E-state index in [0.29, 0.717) is 22.4 Å². The van der Waals surface area contributed by atoms with E-state index in [1.165, 1.54) is 50.6 Å². The summed E-state index contributed by atoms with van der Waals surface area (Å²) in [4.78, 5) is 48.6. The molecule has 7 nitrogen and oxygen atoms in total. The Kier molecular flexibility index (Phi) is 4.06. The fourth-order valence-corrected chi connectivity index (χ4v) is 2.52. The van der Waals surface area contributed by atoms with Gasteiger partial charge < -0.3 is 10.1 Å². The topological polar surface area (TPSA) is 92.8 Å². The number of imide groups is 1. The molecule has 2 aromatic rings. The highest BCUT2D eigenvalue weighted by atomic mass is 16.5. The Balaban J connectivity index is 1.79. The molecule has 0 saturated carbocycles. The normalized spacial score (nSPS) is 12.8. The Morgan fingerprint density at radius 2 is 1.52 bits per heavy atom. The van der Waals surface area contributed by atoms with Crippen LogP contribution >= 0.6 is 0 Å². The quantitative estimate of drug-likeness (QED) is 0.682. The Bertz CT molecular complexity index is 902. The van der Waals surface area contributed by atoms with Gasteiger partial charge in [0.25, 0.3) is 17.7 Å². The number of fused-ring (bicyclic) bond motifs is 1. The summed E-state index contributed by atoms with van der Waals surface area (Å²) in [6.45, 7) is 0. The number of hydrogen-bond acceptors (Lipinski definition) is 5. The maximum Gasteiger partial charge on any atom is 0.337 e. The van der Waals surface area contributed by atoms with E-state index < -0.39 is 17.8 Å². The number of hydrogen-bond donors (Lipinski definition) is 1. The molecular weight excluding hydrogens is 324 g/mol. The Hall–Kier alpha value is -3.48. The SMILES string of the molecule is COC(=O)c1ccc(C(=O)Nc2ccc3c(c2)C(=O)N(C)C3=O)cc1. The van der Waals surface area contributed by atoms with Gasteiger partial charge in [-0.3, -0.25) is 19.3 Å². The van der Waals surface area contributed by atoms with Crippen molar-refractivity contribution in [2.45, 2.75) is 0 Å². The van der Waals surface area contributed by atoms with Gasteiger partial charge in [-0.15, -0.1) is 0 Å². The Labute approximate surface area is 143 Å². The highest BCUT2D eigenvalue weighted by Crippen LogP contribution is 2.25. The number of amides is 3. The summed E-state index contributed by atoms with van der Waals surface area (Å²) in [7, 11) is 2.69. The van der Waals surface area contributed by atoms with Gasteiger partial charge >= 0.3 is 5.97 Å². The monoisotopic (exact) mass is 338 g/mol. The molecular formula is C18H14N2O5. The van der Waals surface area contributed by atoms with Crippen LogP contribution in [-0.4, -0.2) is 42.7 Å². The van der Waals surface area contributed by atoms with E-state index in [4.69, 9.17) is 0 Å². The molecule has 25 heavy (non-hydrogen) atoms. The zero-order chi connectivity index (χ0) is 18.1. The average Bonchev–Trinajstić information content (AvgIpc) is 2.85. The number of esters is 1. The molecule has 7 heteroatoms. The van der Waals surface area contributed by atoms with Crippen molar-refractivity contribution in [1.29, 1.82) is 0 Å². The lowest BCUT2D eigenvalue weighted by Gasteiger charge is -2.07. The number of anilines is 1. The predicted molar refractivity (Wildman–Crippen MR) is 88.6 cm³/mol. The molecule has 1 aliphatic heterocycles. The van der Waals surface area contributed by atoms with E-state index in [2.05, 4.69) is 10.1 Å². The zero-order valence-electron chi connectivity index (χ0n) is 13.5. The summed E-state index contributed by atoms with van der Waals surface area (Å²) >= 11 is 0. The van der Waals surface area contributed by atoms with Crippen molar-refractivity contribution in [2.75, 3.05) is 19.5 Å². The number of ether oxygens (including phenoxy) is 1. The minimum absolute atomic E-state index is 0.256. The van der Waals surface area contributed by atoms with E-state index >= 15 is 0 Å². The lowest BCUT2D eigenvalue weighted by molar-refractivity contribution is 0.0599. The number of benzene rings is 2. The van der Waals surface area contributed by atoms with Crippen LogP contribution in [0.15, 0.2) is 42.5 Å². The average molecular weight is 338 g/mol. The molecule has 0 bridgehead atoms. The van der Waals surface area contributed by atoms with Gasteiger partial charge in [-0.1, -0.05) is 0 Å². The van der Waals surface area contributed by atoms with Crippen molar-refractivity contribution in [3.8, 4) is 0 Å². The summed E-state index contributed by atoms with van der Waals surface area (Å²) in [6, 6.07) is 10.5. The molecule has 0 spiro atoms. The van der Waals surface area contributed by atoms with Crippen LogP contribution in [0.1, 0.15) is 41.4 Å². The van der Waals surface area contributed by atoms with Gasteiger partial charge in [0.2, 0.25) is 0 Å².